The fourth-order valence-electron chi connectivity index (χ4n) is 0. The lowest BCUT2D eigenvalue weighted by molar-refractivity contribution is 0.824. The minimum Gasteiger partial charge on any atom is -0.412 e. The van der Waals surface area contributed by atoms with E-state index >= 15 is 0 Å². The highest BCUT2D eigenvalue weighted by atomic mass is 79.9. The number of halogens is 2. The SMILES string of the molecule is O.[Br][Mg][Br].[MgH2]. The highest BCUT2D eigenvalue weighted by Crippen LogP contribution is 1.77. The molecule has 0 atom stereocenters. The standard InChI is InChI=1S/2BrH.2Mg.H2O.2H/h2*1H;;;1H2;;/q;;;+2;;;/p-2. The average Bonchev–Trinajstić information content (AvgIpc) is 0.918. The van der Waals surface area contributed by atoms with Crippen LogP contribution in [0.5, 0.6) is 0 Å². The van der Waals surface area contributed by atoms with Gasteiger partial charge < -0.3 is 5.48 Å². The van der Waals surface area contributed by atoms with Crippen LogP contribution in [-0.2, 0) is 0 Å². The predicted octanol–water partition coefficient (Wildman–Crippen LogP) is -0.430. The summed E-state index contributed by atoms with van der Waals surface area (Å²) in [6, 6.07) is 0. The van der Waals surface area contributed by atoms with Crippen molar-refractivity contribution in [2.45, 2.75) is 0 Å². The zero-order chi connectivity index (χ0) is 2.71. The van der Waals surface area contributed by atoms with Gasteiger partial charge in [0.25, 0.3) is 0 Å². The molecule has 0 aliphatic carbocycles. The molecule has 0 bridgehead atoms. The Morgan fingerprint density at radius 2 is 1.20 bits per heavy atom. The maximum Gasteiger partial charge on any atom is 0.560 e. The largest absolute Gasteiger partial charge is 0.560 e. The first-order valence-electron chi connectivity index (χ1n) is 0.535. The fourth-order valence-corrected chi connectivity index (χ4v) is 0. The Morgan fingerprint density at radius 3 is 1.20 bits per heavy atom. The van der Waals surface area contributed by atoms with Crippen LogP contribution in [0.2, 0.25) is 0 Å². The molecule has 0 aliphatic rings. The lowest BCUT2D eigenvalue weighted by atomic mass is 16.0. The Balaban J connectivity index is -0.0000000200. The molecule has 0 aromatic carbocycles. The van der Waals surface area contributed by atoms with Crippen LogP contribution in [0.15, 0.2) is 0 Å². The summed E-state index contributed by atoms with van der Waals surface area (Å²) in [5.41, 5.74) is 0. The molecular formula is H4Br2Mg2O. The Hall–Kier alpha value is 2.45. The third kappa shape index (κ3) is 21.3. The van der Waals surface area contributed by atoms with Crippen molar-refractivity contribution in [2.75, 3.05) is 0 Å². The van der Waals surface area contributed by atoms with E-state index in [1.807, 2.05) is 0 Å². The van der Waals surface area contributed by atoms with Gasteiger partial charge in [0.05, 0.1) is 0 Å². The van der Waals surface area contributed by atoms with Crippen molar-refractivity contribution in [1.29, 1.82) is 0 Å². The first-order chi connectivity index (χ1) is 1.41. The first kappa shape index (κ1) is 15.7. The van der Waals surface area contributed by atoms with Gasteiger partial charge in [-0.25, -0.2) is 0 Å². The smallest absolute Gasteiger partial charge is 0.412 e. The molecule has 2 N–H and O–H groups in total. The van der Waals surface area contributed by atoms with Crippen molar-refractivity contribution >= 4 is 64.8 Å². The van der Waals surface area contributed by atoms with Gasteiger partial charge in [0.15, 0.2) is 0 Å². The second-order valence-corrected chi connectivity index (χ2v) is 8.18. The van der Waals surface area contributed by atoms with Crippen LogP contribution >= 0.6 is 25.8 Å². The normalized spacial score (nSPS) is 2.00. The summed E-state index contributed by atoms with van der Waals surface area (Å²) in [4.78, 5) is 0. The van der Waals surface area contributed by atoms with Crippen molar-refractivity contribution in [2.24, 2.45) is 0 Å². The van der Waals surface area contributed by atoms with Crippen LogP contribution in [0.25, 0.3) is 0 Å². The molecule has 5 heavy (non-hydrogen) atoms. The molecule has 5 heteroatoms. The summed E-state index contributed by atoms with van der Waals surface area (Å²) in [7, 11) is 0. The van der Waals surface area contributed by atoms with Crippen LogP contribution < -0.4 is 0 Å². The van der Waals surface area contributed by atoms with Gasteiger partial charge in [-0.1, -0.05) is 0 Å². The van der Waals surface area contributed by atoms with E-state index < -0.39 is 0 Å². The Labute approximate surface area is 69.2 Å². The average molecular weight is 228 g/mol. The number of hydrogen-bond donors (Lipinski definition) is 0. The second kappa shape index (κ2) is 16.1. The van der Waals surface area contributed by atoms with Gasteiger partial charge in [-0.15, -0.1) is 0 Å². The van der Waals surface area contributed by atoms with Gasteiger partial charge >= 0.3 is 39.1 Å². The van der Waals surface area contributed by atoms with Crippen molar-refractivity contribution in [3.05, 3.63) is 0 Å². The molecule has 0 rings (SSSR count). The van der Waals surface area contributed by atoms with Crippen molar-refractivity contribution in [1.82, 2.24) is 0 Å². The van der Waals surface area contributed by atoms with Gasteiger partial charge in [-0.05, 0) is 0 Å². The van der Waals surface area contributed by atoms with E-state index in [1.165, 1.54) is 0 Å². The third-order valence-electron chi connectivity index (χ3n) is 0. The molecule has 0 aromatic heterocycles. The van der Waals surface area contributed by atoms with Crippen molar-refractivity contribution < 1.29 is 5.48 Å². The molecule has 0 fully saturated rings. The van der Waals surface area contributed by atoms with E-state index in [9.17, 15) is 0 Å². The molecule has 0 unspecified atom stereocenters. The van der Waals surface area contributed by atoms with Crippen LogP contribution in [0.1, 0.15) is 0 Å². The van der Waals surface area contributed by atoms with E-state index in [0.717, 1.165) is 0 Å². The highest BCUT2D eigenvalue weighted by molar-refractivity contribution is 9.47. The van der Waals surface area contributed by atoms with Crippen molar-refractivity contribution in [3.8, 4) is 0 Å². The Morgan fingerprint density at radius 1 is 1.20 bits per heavy atom. The molecule has 0 amide bonds. The van der Waals surface area contributed by atoms with Crippen molar-refractivity contribution in [3.63, 3.8) is 0 Å². The summed E-state index contributed by atoms with van der Waals surface area (Å²) in [6.07, 6.45) is 0. The second-order valence-electron chi connectivity index (χ2n) is 0.101. The van der Waals surface area contributed by atoms with Crippen LogP contribution in [0.4, 0.5) is 0 Å². The monoisotopic (exact) mass is 226 g/mol. The minimum absolute atomic E-state index is 0. The molecule has 0 aromatic rings. The summed E-state index contributed by atoms with van der Waals surface area (Å²) in [5.74, 6) is 0. The lowest BCUT2D eigenvalue weighted by Crippen LogP contribution is -1.31. The zero-order valence-corrected chi connectivity index (χ0v) is 6.55. The topological polar surface area (TPSA) is 31.5 Å². The molecule has 0 heterocycles. The summed E-state index contributed by atoms with van der Waals surface area (Å²) >= 11 is 6.44. The Bertz CT molecular complexity index is 7.61. The van der Waals surface area contributed by atoms with Gasteiger partial charge in [0.1, 0.15) is 0 Å². The highest BCUT2D eigenvalue weighted by Gasteiger charge is 1.62. The summed E-state index contributed by atoms with van der Waals surface area (Å²) in [6.45, 7) is 0. The van der Waals surface area contributed by atoms with Crippen LogP contribution in [-0.4, -0.2) is 44.5 Å². The third-order valence-corrected chi connectivity index (χ3v) is 0. The quantitative estimate of drug-likeness (QED) is 0.504. The molecule has 0 saturated heterocycles. The van der Waals surface area contributed by atoms with Gasteiger partial charge in [0, 0.05) is 0 Å². The Kier molecular flexibility index (Phi) is 50.4. The molecule has 28 valence electrons. The van der Waals surface area contributed by atoms with Crippen LogP contribution in [0.3, 0.4) is 0 Å². The van der Waals surface area contributed by atoms with Gasteiger partial charge in [-0.3, -0.25) is 25.8 Å². The summed E-state index contributed by atoms with van der Waals surface area (Å²) < 4.78 is 0. The molecule has 0 radical (unpaired) electrons. The van der Waals surface area contributed by atoms with E-state index in [2.05, 4.69) is 25.8 Å². The molecular weight excluding hydrogens is 224 g/mol. The van der Waals surface area contributed by atoms with E-state index in [1.54, 1.807) is 0 Å². The molecule has 1 nitrogen and oxygen atoms in total. The first-order valence-corrected chi connectivity index (χ1v) is 8.33. The molecule has 0 saturated carbocycles. The van der Waals surface area contributed by atoms with Crippen LogP contribution in [0, 0.1) is 0 Å². The fraction of sp³-hybridized carbons (Fsp3) is 0. The maximum atomic E-state index is 3.20. The maximum absolute atomic E-state index is 3.20. The minimum atomic E-state index is 0. The zero-order valence-electron chi connectivity index (χ0n) is 1.96. The van der Waals surface area contributed by atoms with E-state index in [-0.39, 0.29) is 44.5 Å². The number of hydrogen-bond acceptors (Lipinski definition) is 0. The van der Waals surface area contributed by atoms with Gasteiger partial charge in [-0.2, -0.15) is 0 Å². The van der Waals surface area contributed by atoms with E-state index in [4.69, 9.17) is 0 Å². The lowest BCUT2D eigenvalue weighted by Gasteiger charge is -1.33. The molecule has 0 spiro atoms. The summed E-state index contributed by atoms with van der Waals surface area (Å²) in [5, 5.41) is 0. The van der Waals surface area contributed by atoms with Gasteiger partial charge in [0.2, 0.25) is 0 Å². The van der Waals surface area contributed by atoms with E-state index in [0.29, 0.717) is 0 Å². The predicted molar refractivity (Wildman–Crippen MR) is 35.8 cm³/mol. The number of rotatable bonds is 0. The molecule has 0 aliphatic heterocycles.